The second kappa shape index (κ2) is 9.70. The van der Waals surface area contributed by atoms with Gasteiger partial charge in [0.05, 0.1) is 23.6 Å². The van der Waals surface area contributed by atoms with Gasteiger partial charge in [-0.25, -0.2) is 9.97 Å². The first kappa shape index (κ1) is 21.0. The number of amides is 1. The molecule has 8 nitrogen and oxygen atoms in total. The van der Waals surface area contributed by atoms with Crippen molar-refractivity contribution in [2.75, 3.05) is 38.6 Å². The topological polar surface area (TPSA) is 87.4 Å². The molecule has 1 unspecified atom stereocenters. The monoisotopic (exact) mass is 420 g/mol. The minimum Gasteiger partial charge on any atom is -0.468 e. The van der Waals surface area contributed by atoms with Gasteiger partial charge in [0, 0.05) is 43.8 Å². The molecule has 4 heterocycles. The summed E-state index contributed by atoms with van der Waals surface area (Å²) < 4.78 is 5.54. The van der Waals surface area contributed by atoms with Crippen molar-refractivity contribution < 1.29 is 9.21 Å². The lowest BCUT2D eigenvalue weighted by molar-refractivity contribution is 0.0939. The number of hydrogen-bond donors (Lipinski definition) is 1. The Labute approximate surface area is 182 Å². The van der Waals surface area contributed by atoms with Gasteiger partial charge in [-0.05, 0) is 57.6 Å². The van der Waals surface area contributed by atoms with Crippen LogP contribution in [0.3, 0.4) is 0 Å². The van der Waals surface area contributed by atoms with Crippen molar-refractivity contribution in [3.05, 3.63) is 60.4 Å². The minimum absolute atomic E-state index is 0.0747. The first-order valence-electron chi connectivity index (χ1n) is 10.6. The van der Waals surface area contributed by atoms with Crippen LogP contribution >= 0.6 is 0 Å². The van der Waals surface area contributed by atoms with E-state index in [-0.39, 0.29) is 11.9 Å². The smallest absolute Gasteiger partial charge is 0.255 e. The second-order valence-electron chi connectivity index (χ2n) is 7.93. The number of furan rings is 1. The zero-order chi connectivity index (χ0) is 21.6. The van der Waals surface area contributed by atoms with Crippen LogP contribution < -0.4 is 10.2 Å². The average Bonchev–Trinajstić information content (AvgIpc) is 3.34. The molecule has 0 bridgehead atoms. The largest absolute Gasteiger partial charge is 0.468 e. The number of pyridine rings is 1. The summed E-state index contributed by atoms with van der Waals surface area (Å²) in [7, 11) is 3.91. The number of carbonyl (C=O) groups is 1. The van der Waals surface area contributed by atoms with E-state index in [4.69, 9.17) is 9.40 Å². The molecule has 31 heavy (non-hydrogen) atoms. The fourth-order valence-electron chi connectivity index (χ4n) is 3.81. The van der Waals surface area contributed by atoms with Crippen LogP contribution in [0.2, 0.25) is 0 Å². The molecule has 1 amide bonds. The highest BCUT2D eigenvalue weighted by Gasteiger charge is 2.22. The number of aromatic nitrogens is 3. The second-order valence-corrected chi connectivity index (χ2v) is 7.93. The van der Waals surface area contributed by atoms with Crippen LogP contribution in [0.4, 0.5) is 5.95 Å². The molecule has 0 aromatic carbocycles. The zero-order valence-electron chi connectivity index (χ0n) is 18.0. The van der Waals surface area contributed by atoms with Crippen molar-refractivity contribution in [2.24, 2.45) is 0 Å². The van der Waals surface area contributed by atoms with E-state index >= 15 is 0 Å². The van der Waals surface area contributed by atoms with Crippen molar-refractivity contribution in [3.63, 3.8) is 0 Å². The predicted octanol–water partition coefficient (Wildman–Crippen LogP) is 3.15. The molecular weight excluding hydrogens is 392 g/mol. The van der Waals surface area contributed by atoms with Crippen LogP contribution in [-0.2, 0) is 0 Å². The SMILES string of the molecule is CN(C)C(CNC(=O)c1cnc(N2CCCCC2)nc1-c1cccnc1)c1ccco1. The summed E-state index contributed by atoms with van der Waals surface area (Å²) in [5.74, 6) is 1.24. The first-order valence-corrected chi connectivity index (χ1v) is 10.6. The fraction of sp³-hybridized carbons (Fsp3) is 0.391. The van der Waals surface area contributed by atoms with E-state index in [1.54, 1.807) is 24.9 Å². The Balaban J connectivity index is 1.59. The minimum atomic E-state index is -0.220. The molecule has 0 saturated carbocycles. The summed E-state index contributed by atoms with van der Waals surface area (Å²) >= 11 is 0. The maximum absolute atomic E-state index is 13.1. The molecule has 1 fully saturated rings. The van der Waals surface area contributed by atoms with Gasteiger partial charge in [0.1, 0.15) is 5.76 Å². The number of nitrogens with zero attached hydrogens (tertiary/aromatic N) is 5. The van der Waals surface area contributed by atoms with E-state index < -0.39 is 0 Å². The number of likely N-dealkylation sites (N-methyl/N-ethyl adjacent to an activating group) is 1. The van der Waals surface area contributed by atoms with Crippen molar-refractivity contribution in [1.82, 2.24) is 25.2 Å². The lowest BCUT2D eigenvalue weighted by Gasteiger charge is -2.27. The summed E-state index contributed by atoms with van der Waals surface area (Å²) in [6.45, 7) is 2.27. The lowest BCUT2D eigenvalue weighted by Crippen LogP contribution is -2.35. The number of carbonyl (C=O) groups excluding carboxylic acids is 1. The van der Waals surface area contributed by atoms with Crippen LogP contribution in [0.1, 0.15) is 41.4 Å². The van der Waals surface area contributed by atoms with Gasteiger partial charge in [0.2, 0.25) is 5.95 Å². The number of hydrogen-bond acceptors (Lipinski definition) is 7. The van der Waals surface area contributed by atoms with Crippen molar-refractivity contribution in [1.29, 1.82) is 0 Å². The molecule has 1 saturated heterocycles. The Bertz CT molecular complexity index is 985. The molecule has 0 spiro atoms. The summed E-state index contributed by atoms with van der Waals surface area (Å²) in [5.41, 5.74) is 1.83. The summed E-state index contributed by atoms with van der Waals surface area (Å²) in [5, 5.41) is 3.02. The Morgan fingerprint density at radius 2 is 2.03 bits per heavy atom. The summed E-state index contributed by atoms with van der Waals surface area (Å²) in [6.07, 6.45) is 10.2. The van der Waals surface area contributed by atoms with Gasteiger partial charge in [-0.15, -0.1) is 0 Å². The van der Waals surface area contributed by atoms with E-state index in [1.807, 2.05) is 43.3 Å². The van der Waals surface area contributed by atoms with Gasteiger partial charge in [0.15, 0.2) is 0 Å². The number of piperidine rings is 1. The maximum Gasteiger partial charge on any atom is 0.255 e. The van der Waals surface area contributed by atoms with Crippen LogP contribution in [-0.4, -0.2) is 59.5 Å². The Hall–Kier alpha value is -3.26. The molecule has 162 valence electrons. The molecule has 1 aliphatic rings. The molecule has 0 aliphatic carbocycles. The molecule has 1 aliphatic heterocycles. The number of anilines is 1. The third kappa shape index (κ3) is 4.91. The third-order valence-corrected chi connectivity index (χ3v) is 5.55. The van der Waals surface area contributed by atoms with E-state index in [0.717, 1.165) is 37.3 Å². The average molecular weight is 421 g/mol. The Morgan fingerprint density at radius 1 is 1.19 bits per heavy atom. The van der Waals surface area contributed by atoms with E-state index in [0.29, 0.717) is 23.8 Å². The van der Waals surface area contributed by atoms with Crippen LogP contribution in [0, 0.1) is 0 Å². The molecule has 3 aromatic rings. The van der Waals surface area contributed by atoms with Gasteiger partial charge < -0.3 is 14.6 Å². The maximum atomic E-state index is 13.1. The van der Waals surface area contributed by atoms with Crippen LogP contribution in [0.15, 0.2) is 53.5 Å². The molecule has 1 atom stereocenters. The standard InChI is InChI=1S/C23H28N6O2/c1-28(2)19(20-9-7-13-31-20)16-25-22(30)18-15-26-23(29-11-4-3-5-12-29)27-21(18)17-8-6-10-24-14-17/h6-10,13-15,19H,3-5,11-12,16H2,1-2H3,(H,25,30). The van der Waals surface area contributed by atoms with E-state index in [1.165, 1.54) is 6.42 Å². The first-order chi connectivity index (χ1) is 15.1. The quantitative estimate of drug-likeness (QED) is 0.628. The molecule has 0 radical (unpaired) electrons. The highest BCUT2D eigenvalue weighted by molar-refractivity contribution is 5.99. The number of rotatable bonds is 7. The molecule has 1 N–H and O–H groups in total. The Morgan fingerprint density at radius 3 is 2.71 bits per heavy atom. The molecule has 3 aromatic heterocycles. The zero-order valence-corrected chi connectivity index (χ0v) is 18.0. The Kier molecular flexibility index (Phi) is 6.57. The summed E-state index contributed by atoms with van der Waals surface area (Å²) in [6, 6.07) is 7.45. The predicted molar refractivity (Wildman–Crippen MR) is 119 cm³/mol. The van der Waals surface area contributed by atoms with Gasteiger partial charge in [0.25, 0.3) is 5.91 Å². The van der Waals surface area contributed by atoms with Gasteiger partial charge in [-0.1, -0.05) is 0 Å². The van der Waals surface area contributed by atoms with Crippen LogP contribution in [0.5, 0.6) is 0 Å². The van der Waals surface area contributed by atoms with Gasteiger partial charge >= 0.3 is 0 Å². The molecular formula is C23H28N6O2. The van der Waals surface area contributed by atoms with Crippen molar-refractivity contribution >= 4 is 11.9 Å². The van der Waals surface area contributed by atoms with Crippen LogP contribution in [0.25, 0.3) is 11.3 Å². The van der Waals surface area contributed by atoms with E-state index in [9.17, 15) is 4.79 Å². The fourth-order valence-corrected chi connectivity index (χ4v) is 3.81. The summed E-state index contributed by atoms with van der Waals surface area (Å²) in [4.78, 5) is 30.9. The highest BCUT2D eigenvalue weighted by atomic mass is 16.3. The normalized spacial score (nSPS) is 15.1. The molecule has 4 rings (SSSR count). The molecule has 8 heteroatoms. The third-order valence-electron chi connectivity index (χ3n) is 5.55. The van der Waals surface area contributed by atoms with E-state index in [2.05, 4.69) is 20.2 Å². The lowest BCUT2D eigenvalue weighted by atomic mass is 10.1. The number of nitrogens with one attached hydrogen (secondary N) is 1. The van der Waals surface area contributed by atoms with Gasteiger partial charge in [-0.2, -0.15) is 0 Å². The van der Waals surface area contributed by atoms with Gasteiger partial charge in [-0.3, -0.25) is 14.7 Å². The highest BCUT2D eigenvalue weighted by Crippen LogP contribution is 2.25. The van der Waals surface area contributed by atoms with Crippen molar-refractivity contribution in [2.45, 2.75) is 25.3 Å². The van der Waals surface area contributed by atoms with Crippen molar-refractivity contribution in [3.8, 4) is 11.3 Å².